The van der Waals surface area contributed by atoms with E-state index in [1.165, 1.54) is 19.2 Å². The molecule has 0 heterocycles. The average Bonchev–Trinajstić information content (AvgIpc) is 2.60. The predicted molar refractivity (Wildman–Crippen MR) is 90.4 cm³/mol. The topological polar surface area (TPSA) is 67.4 Å². The third-order valence-electron chi connectivity index (χ3n) is 3.31. The Hall–Kier alpha value is -2.74. The molecular formula is C17H14ClF3N2O3. The molecule has 0 spiro atoms. The molecular weight excluding hydrogens is 373 g/mol. The fourth-order valence-corrected chi connectivity index (χ4v) is 2.18. The van der Waals surface area contributed by atoms with Gasteiger partial charge in [0.15, 0.2) is 0 Å². The van der Waals surface area contributed by atoms with Crippen molar-refractivity contribution in [2.45, 2.75) is 6.18 Å². The standard InChI is InChI=1S/C17H14ClF3N2O3/c1-26-12-4-2-3-10(7-12)16(25)22-9-15(24)23-14-8-11(17(19,20)21)5-6-13(14)18/h2-8H,9H2,1H3,(H,22,25)(H,23,24). The van der Waals surface area contributed by atoms with Gasteiger partial charge in [-0.1, -0.05) is 17.7 Å². The molecule has 0 saturated heterocycles. The second-order valence-electron chi connectivity index (χ2n) is 5.16. The summed E-state index contributed by atoms with van der Waals surface area (Å²) in [6, 6.07) is 8.84. The van der Waals surface area contributed by atoms with Crippen molar-refractivity contribution in [1.82, 2.24) is 5.32 Å². The van der Waals surface area contributed by atoms with Crippen molar-refractivity contribution in [1.29, 1.82) is 0 Å². The number of ether oxygens (including phenoxy) is 1. The van der Waals surface area contributed by atoms with E-state index in [1.807, 2.05) is 0 Å². The fourth-order valence-electron chi connectivity index (χ4n) is 2.02. The molecule has 26 heavy (non-hydrogen) atoms. The van der Waals surface area contributed by atoms with E-state index in [2.05, 4.69) is 10.6 Å². The SMILES string of the molecule is COc1cccc(C(=O)NCC(=O)Nc2cc(C(F)(F)F)ccc2Cl)c1. The van der Waals surface area contributed by atoms with Crippen LogP contribution in [-0.4, -0.2) is 25.5 Å². The number of halogens is 4. The Balaban J connectivity index is 1.99. The monoisotopic (exact) mass is 386 g/mol. The molecule has 5 nitrogen and oxygen atoms in total. The van der Waals surface area contributed by atoms with Gasteiger partial charge in [-0.2, -0.15) is 13.2 Å². The maximum absolute atomic E-state index is 12.7. The lowest BCUT2D eigenvalue weighted by Crippen LogP contribution is -2.33. The Morgan fingerprint density at radius 1 is 1.15 bits per heavy atom. The molecule has 0 bridgehead atoms. The average molecular weight is 387 g/mol. The molecule has 0 saturated carbocycles. The van der Waals surface area contributed by atoms with Crippen molar-refractivity contribution >= 4 is 29.1 Å². The maximum Gasteiger partial charge on any atom is 0.416 e. The van der Waals surface area contributed by atoms with Gasteiger partial charge >= 0.3 is 6.18 Å². The van der Waals surface area contributed by atoms with Gasteiger partial charge in [-0.3, -0.25) is 9.59 Å². The summed E-state index contributed by atoms with van der Waals surface area (Å²) in [6.45, 7) is -0.442. The summed E-state index contributed by atoms with van der Waals surface area (Å²) in [5.41, 5.74) is -0.867. The van der Waals surface area contributed by atoms with Crippen LogP contribution < -0.4 is 15.4 Å². The zero-order valence-corrected chi connectivity index (χ0v) is 14.2. The number of hydrogen-bond donors (Lipinski definition) is 2. The molecule has 138 valence electrons. The zero-order chi connectivity index (χ0) is 19.3. The summed E-state index contributed by atoms with van der Waals surface area (Å²) in [6.07, 6.45) is -4.56. The van der Waals surface area contributed by atoms with Gasteiger partial charge < -0.3 is 15.4 Å². The Kier molecular flexibility index (Phi) is 6.10. The number of carbonyl (C=O) groups excluding carboxylic acids is 2. The van der Waals surface area contributed by atoms with Crippen LogP contribution in [0.4, 0.5) is 18.9 Å². The van der Waals surface area contributed by atoms with Gasteiger partial charge in [-0.15, -0.1) is 0 Å². The van der Waals surface area contributed by atoms with E-state index < -0.39 is 30.1 Å². The molecule has 0 aromatic heterocycles. The summed E-state index contributed by atoms with van der Waals surface area (Å²) >= 11 is 5.80. The molecule has 0 fully saturated rings. The van der Waals surface area contributed by atoms with Gasteiger partial charge in [0.05, 0.1) is 29.9 Å². The smallest absolute Gasteiger partial charge is 0.416 e. The predicted octanol–water partition coefficient (Wildman–Crippen LogP) is 3.74. The number of methoxy groups -OCH3 is 1. The van der Waals surface area contributed by atoms with E-state index in [-0.39, 0.29) is 16.3 Å². The van der Waals surface area contributed by atoms with Crippen LogP contribution in [0.25, 0.3) is 0 Å². The van der Waals surface area contributed by atoms with Crippen LogP contribution >= 0.6 is 11.6 Å². The van der Waals surface area contributed by atoms with E-state index >= 15 is 0 Å². The van der Waals surface area contributed by atoms with E-state index in [0.29, 0.717) is 5.75 Å². The molecule has 9 heteroatoms. The third kappa shape index (κ3) is 5.13. The van der Waals surface area contributed by atoms with E-state index in [1.54, 1.807) is 12.1 Å². The first kappa shape index (κ1) is 19.6. The number of alkyl halides is 3. The zero-order valence-electron chi connectivity index (χ0n) is 13.5. The number of hydrogen-bond acceptors (Lipinski definition) is 3. The minimum atomic E-state index is -4.56. The van der Waals surface area contributed by atoms with E-state index in [4.69, 9.17) is 16.3 Å². The highest BCUT2D eigenvalue weighted by Gasteiger charge is 2.31. The Morgan fingerprint density at radius 3 is 2.54 bits per heavy atom. The van der Waals surface area contributed by atoms with Gasteiger partial charge in [0.25, 0.3) is 5.91 Å². The molecule has 2 aromatic carbocycles. The Bertz CT molecular complexity index is 825. The van der Waals surface area contributed by atoms with Crippen LogP contribution in [0.2, 0.25) is 5.02 Å². The van der Waals surface area contributed by atoms with E-state index in [0.717, 1.165) is 18.2 Å². The lowest BCUT2D eigenvalue weighted by molar-refractivity contribution is -0.137. The lowest BCUT2D eigenvalue weighted by Gasteiger charge is -2.12. The van der Waals surface area contributed by atoms with Crippen LogP contribution in [0.15, 0.2) is 42.5 Å². The largest absolute Gasteiger partial charge is 0.497 e. The number of nitrogens with one attached hydrogen (secondary N) is 2. The summed E-state index contributed by atoms with van der Waals surface area (Å²) in [5.74, 6) is -0.783. The normalized spacial score (nSPS) is 11.0. The number of rotatable bonds is 5. The van der Waals surface area contributed by atoms with Gasteiger partial charge in [-0.25, -0.2) is 0 Å². The quantitative estimate of drug-likeness (QED) is 0.822. The maximum atomic E-state index is 12.7. The minimum absolute atomic E-state index is 0.0505. The first-order chi connectivity index (χ1) is 12.2. The summed E-state index contributed by atoms with van der Waals surface area (Å²) in [7, 11) is 1.45. The van der Waals surface area contributed by atoms with E-state index in [9.17, 15) is 22.8 Å². The van der Waals surface area contributed by atoms with Gasteiger partial charge in [0, 0.05) is 5.56 Å². The van der Waals surface area contributed by atoms with Crippen LogP contribution in [0.5, 0.6) is 5.75 Å². The molecule has 0 radical (unpaired) electrons. The van der Waals surface area contributed by atoms with Crippen LogP contribution in [-0.2, 0) is 11.0 Å². The van der Waals surface area contributed by atoms with Crippen molar-refractivity contribution in [3.63, 3.8) is 0 Å². The molecule has 0 aliphatic rings. The molecule has 2 aromatic rings. The molecule has 2 amide bonds. The minimum Gasteiger partial charge on any atom is -0.497 e. The van der Waals surface area contributed by atoms with Crippen molar-refractivity contribution < 1.29 is 27.5 Å². The third-order valence-corrected chi connectivity index (χ3v) is 3.64. The van der Waals surface area contributed by atoms with Crippen molar-refractivity contribution in [2.24, 2.45) is 0 Å². The second-order valence-corrected chi connectivity index (χ2v) is 5.56. The van der Waals surface area contributed by atoms with Crippen molar-refractivity contribution in [3.05, 3.63) is 58.6 Å². The molecule has 0 unspecified atom stereocenters. The number of benzene rings is 2. The summed E-state index contributed by atoms with van der Waals surface area (Å²) < 4.78 is 43.1. The first-order valence-electron chi connectivity index (χ1n) is 7.29. The van der Waals surface area contributed by atoms with Crippen molar-refractivity contribution in [3.8, 4) is 5.75 Å². The van der Waals surface area contributed by atoms with Crippen LogP contribution in [0.1, 0.15) is 15.9 Å². The first-order valence-corrected chi connectivity index (χ1v) is 7.67. The highest BCUT2D eigenvalue weighted by Crippen LogP contribution is 2.33. The molecule has 2 N–H and O–H groups in total. The highest BCUT2D eigenvalue weighted by atomic mass is 35.5. The highest BCUT2D eigenvalue weighted by molar-refractivity contribution is 6.33. The fraction of sp³-hybridized carbons (Fsp3) is 0.176. The lowest BCUT2D eigenvalue weighted by atomic mass is 10.2. The number of anilines is 1. The van der Waals surface area contributed by atoms with Gasteiger partial charge in [0.1, 0.15) is 5.75 Å². The molecule has 0 aliphatic carbocycles. The summed E-state index contributed by atoms with van der Waals surface area (Å²) in [4.78, 5) is 23.9. The Morgan fingerprint density at radius 2 is 1.88 bits per heavy atom. The summed E-state index contributed by atoms with van der Waals surface area (Å²) in [5, 5.41) is 4.55. The molecule has 0 atom stereocenters. The molecule has 0 aliphatic heterocycles. The van der Waals surface area contributed by atoms with Gasteiger partial charge in [0.2, 0.25) is 5.91 Å². The Labute approximate surface area is 152 Å². The van der Waals surface area contributed by atoms with Gasteiger partial charge in [-0.05, 0) is 36.4 Å². The van der Waals surface area contributed by atoms with Crippen LogP contribution in [0.3, 0.4) is 0 Å². The van der Waals surface area contributed by atoms with Crippen molar-refractivity contribution in [2.75, 3.05) is 19.0 Å². The van der Waals surface area contributed by atoms with Crippen LogP contribution in [0, 0.1) is 0 Å². The second kappa shape index (κ2) is 8.09. The molecule has 2 rings (SSSR count). The number of carbonyl (C=O) groups is 2. The number of amides is 2.